The average molecular weight is 371 g/mol. The lowest BCUT2D eigenvalue weighted by Crippen LogP contribution is -2.58. The van der Waals surface area contributed by atoms with Crippen LogP contribution in [0.1, 0.15) is 38.5 Å². The Labute approximate surface area is 150 Å². The minimum atomic E-state index is -3.27. The summed E-state index contributed by atoms with van der Waals surface area (Å²) in [5.74, 6) is 2.61. The van der Waals surface area contributed by atoms with E-state index in [2.05, 4.69) is 0 Å². The standard InChI is InChI=1S/C18H30N2O4S/c1-24-6-7-25(22,23)20-4-2-19(3-5-20)17(21)18-11-14-8-15(12-18)10-16(9-14)13-18/h14-16H,2-13H2,1H3. The Hall–Kier alpha value is -0.660. The Morgan fingerprint density at radius 1 is 1.00 bits per heavy atom. The lowest BCUT2D eigenvalue weighted by Gasteiger charge is -2.57. The van der Waals surface area contributed by atoms with E-state index in [-0.39, 0.29) is 17.8 Å². The number of hydrogen-bond acceptors (Lipinski definition) is 4. The predicted octanol–water partition coefficient (Wildman–Crippen LogP) is 1.32. The molecule has 1 amide bonds. The molecule has 4 saturated carbocycles. The summed E-state index contributed by atoms with van der Waals surface area (Å²) in [7, 11) is -1.76. The Morgan fingerprint density at radius 3 is 2.00 bits per heavy atom. The molecule has 0 atom stereocenters. The topological polar surface area (TPSA) is 66.9 Å². The van der Waals surface area contributed by atoms with E-state index in [1.54, 1.807) is 0 Å². The van der Waals surface area contributed by atoms with Crippen LogP contribution >= 0.6 is 0 Å². The third-order valence-corrected chi connectivity index (χ3v) is 8.79. The van der Waals surface area contributed by atoms with E-state index < -0.39 is 10.0 Å². The summed E-state index contributed by atoms with van der Waals surface area (Å²) >= 11 is 0. The van der Waals surface area contributed by atoms with Gasteiger partial charge in [-0.15, -0.1) is 0 Å². The lowest BCUT2D eigenvalue weighted by molar-refractivity contribution is -0.158. The molecule has 5 aliphatic rings. The third-order valence-electron chi connectivity index (χ3n) is 6.96. The lowest BCUT2D eigenvalue weighted by atomic mass is 9.49. The zero-order chi connectivity index (χ0) is 17.7. The molecule has 0 aromatic heterocycles. The SMILES string of the molecule is COCCS(=O)(=O)N1CCN(C(=O)C23CC4CC(CC(C4)C2)C3)CC1. The van der Waals surface area contributed by atoms with Gasteiger partial charge >= 0.3 is 0 Å². The molecule has 1 aliphatic heterocycles. The van der Waals surface area contributed by atoms with Crippen LogP contribution in [0.5, 0.6) is 0 Å². The van der Waals surface area contributed by atoms with Crippen LogP contribution in [0.3, 0.4) is 0 Å². The maximum absolute atomic E-state index is 13.3. The molecule has 0 N–H and O–H groups in total. The quantitative estimate of drug-likeness (QED) is 0.732. The van der Waals surface area contributed by atoms with E-state index >= 15 is 0 Å². The fourth-order valence-electron chi connectivity index (χ4n) is 6.20. The first-order valence-electron chi connectivity index (χ1n) is 9.68. The van der Waals surface area contributed by atoms with Gasteiger partial charge in [-0.05, 0) is 56.3 Å². The van der Waals surface area contributed by atoms with Gasteiger partial charge in [0.15, 0.2) is 0 Å². The molecule has 142 valence electrons. The van der Waals surface area contributed by atoms with Gasteiger partial charge in [-0.2, -0.15) is 4.31 Å². The molecule has 4 bridgehead atoms. The van der Waals surface area contributed by atoms with E-state index in [9.17, 15) is 13.2 Å². The summed E-state index contributed by atoms with van der Waals surface area (Å²) in [6, 6.07) is 0. The highest BCUT2D eigenvalue weighted by Gasteiger charge is 2.55. The molecule has 0 spiro atoms. The molecule has 0 aromatic rings. The number of piperazine rings is 1. The van der Waals surface area contributed by atoms with Gasteiger partial charge in [0.2, 0.25) is 15.9 Å². The molecule has 4 aliphatic carbocycles. The van der Waals surface area contributed by atoms with Crippen LogP contribution in [0.15, 0.2) is 0 Å². The smallest absolute Gasteiger partial charge is 0.228 e. The first kappa shape index (κ1) is 17.7. The minimum absolute atomic E-state index is 0.0203. The van der Waals surface area contributed by atoms with Crippen LogP contribution in [0.4, 0.5) is 0 Å². The first-order valence-corrected chi connectivity index (χ1v) is 11.3. The van der Waals surface area contributed by atoms with Crippen molar-refractivity contribution in [1.82, 2.24) is 9.21 Å². The van der Waals surface area contributed by atoms with Gasteiger partial charge < -0.3 is 9.64 Å². The Morgan fingerprint density at radius 2 is 1.52 bits per heavy atom. The predicted molar refractivity (Wildman–Crippen MR) is 94.4 cm³/mol. The molecule has 7 heteroatoms. The van der Waals surface area contributed by atoms with Crippen LogP contribution in [-0.4, -0.2) is 69.2 Å². The Bertz CT molecular complexity index is 590. The summed E-state index contributed by atoms with van der Waals surface area (Å²) < 4.78 is 31.0. The number of rotatable bonds is 5. The molecule has 1 saturated heterocycles. The van der Waals surface area contributed by atoms with E-state index in [1.807, 2.05) is 4.90 Å². The average Bonchev–Trinajstić information content (AvgIpc) is 2.58. The number of carbonyl (C=O) groups excluding carboxylic acids is 1. The number of ether oxygens (including phenoxy) is 1. The van der Waals surface area contributed by atoms with Gasteiger partial charge in [0, 0.05) is 33.3 Å². The highest BCUT2D eigenvalue weighted by molar-refractivity contribution is 7.89. The number of carbonyl (C=O) groups is 1. The molecule has 6 nitrogen and oxygen atoms in total. The molecule has 0 radical (unpaired) electrons. The monoisotopic (exact) mass is 370 g/mol. The van der Waals surface area contributed by atoms with Crippen LogP contribution in [0.25, 0.3) is 0 Å². The first-order chi connectivity index (χ1) is 11.9. The van der Waals surface area contributed by atoms with Crippen LogP contribution in [0.2, 0.25) is 0 Å². The van der Waals surface area contributed by atoms with E-state index in [0.717, 1.165) is 37.0 Å². The minimum Gasteiger partial charge on any atom is -0.384 e. The fourth-order valence-corrected chi connectivity index (χ4v) is 7.55. The van der Waals surface area contributed by atoms with Crippen molar-refractivity contribution < 1.29 is 17.9 Å². The summed E-state index contributed by atoms with van der Waals surface area (Å²) in [5, 5.41) is 0. The molecule has 1 heterocycles. The zero-order valence-corrected chi connectivity index (χ0v) is 16.0. The van der Waals surface area contributed by atoms with Crippen LogP contribution < -0.4 is 0 Å². The van der Waals surface area contributed by atoms with Crippen molar-refractivity contribution in [3.63, 3.8) is 0 Å². The Kier molecular flexibility index (Phi) is 4.61. The van der Waals surface area contributed by atoms with Crippen molar-refractivity contribution in [1.29, 1.82) is 0 Å². The molecule has 5 rings (SSSR count). The second-order valence-corrected chi connectivity index (χ2v) is 10.8. The largest absolute Gasteiger partial charge is 0.384 e. The van der Waals surface area contributed by atoms with Gasteiger partial charge in [0.05, 0.1) is 17.8 Å². The number of methoxy groups -OCH3 is 1. The van der Waals surface area contributed by atoms with Gasteiger partial charge in [-0.1, -0.05) is 0 Å². The van der Waals surface area contributed by atoms with Gasteiger partial charge in [0.25, 0.3) is 0 Å². The summed E-state index contributed by atoms with van der Waals surface area (Å²) in [6.45, 7) is 2.13. The number of hydrogen-bond donors (Lipinski definition) is 0. The molecule has 5 fully saturated rings. The highest BCUT2D eigenvalue weighted by Crippen LogP contribution is 2.60. The van der Waals surface area contributed by atoms with E-state index in [0.29, 0.717) is 32.1 Å². The molecule has 0 aromatic carbocycles. The van der Waals surface area contributed by atoms with Crippen molar-refractivity contribution in [2.75, 3.05) is 45.6 Å². The van der Waals surface area contributed by atoms with Crippen LogP contribution in [0, 0.1) is 23.2 Å². The van der Waals surface area contributed by atoms with Gasteiger partial charge in [0.1, 0.15) is 0 Å². The maximum atomic E-state index is 13.3. The fraction of sp³-hybridized carbons (Fsp3) is 0.944. The number of sulfonamides is 1. The second-order valence-electron chi connectivity index (χ2n) is 8.70. The van der Waals surface area contributed by atoms with Crippen molar-refractivity contribution in [2.45, 2.75) is 38.5 Å². The molecular formula is C18H30N2O4S. The zero-order valence-electron chi connectivity index (χ0n) is 15.2. The van der Waals surface area contributed by atoms with Gasteiger partial charge in [-0.25, -0.2) is 8.42 Å². The van der Waals surface area contributed by atoms with E-state index in [1.165, 1.54) is 30.7 Å². The number of amides is 1. The molecule has 0 unspecified atom stereocenters. The highest BCUT2D eigenvalue weighted by atomic mass is 32.2. The van der Waals surface area contributed by atoms with Crippen molar-refractivity contribution in [2.24, 2.45) is 23.2 Å². The van der Waals surface area contributed by atoms with Crippen molar-refractivity contribution >= 4 is 15.9 Å². The summed E-state index contributed by atoms with van der Waals surface area (Å²) in [6.07, 6.45) is 7.21. The van der Waals surface area contributed by atoms with Crippen LogP contribution in [-0.2, 0) is 19.6 Å². The summed E-state index contributed by atoms with van der Waals surface area (Å²) in [4.78, 5) is 15.3. The Balaban J connectivity index is 1.39. The third kappa shape index (κ3) is 3.23. The summed E-state index contributed by atoms with van der Waals surface area (Å²) in [5.41, 5.74) is -0.119. The second kappa shape index (κ2) is 6.50. The maximum Gasteiger partial charge on any atom is 0.228 e. The van der Waals surface area contributed by atoms with E-state index in [4.69, 9.17) is 4.74 Å². The normalized spacial score (nSPS) is 38.3. The molecular weight excluding hydrogens is 340 g/mol. The van der Waals surface area contributed by atoms with Gasteiger partial charge in [-0.3, -0.25) is 4.79 Å². The number of nitrogens with zero attached hydrogens (tertiary/aromatic N) is 2. The molecule has 25 heavy (non-hydrogen) atoms. The van der Waals surface area contributed by atoms with Crippen molar-refractivity contribution in [3.05, 3.63) is 0 Å². The van der Waals surface area contributed by atoms with Crippen molar-refractivity contribution in [3.8, 4) is 0 Å².